The Labute approximate surface area is 120 Å². The van der Waals surface area contributed by atoms with Crippen LogP contribution in [0.5, 0.6) is 0 Å². The van der Waals surface area contributed by atoms with E-state index < -0.39 is 0 Å². The van der Waals surface area contributed by atoms with Crippen LogP contribution in [0, 0.1) is 6.92 Å². The molecule has 0 aromatic heterocycles. The van der Waals surface area contributed by atoms with Gasteiger partial charge in [0.25, 0.3) is 0 Å². The summed E-state index contributed by atoms with van der Waals surface area (Å²) in [4.78, 5) is 16.8. The molecule has 4 heteroatoms. The molecule has 2 aliphatic heterocycles. The molecule has 1 saturated heterocycles. The molecule has 1 N–H and O–H groups in total. The molecule has 3 rings (SSSR count). The van der Waals surface area contributed by atoms with Crippen molar-refractivity contribution >= 4 is 11.6 Å². The number of hydrogen-bond donors (Lipinski definition) is 1. The Balaban J connectivity index is 1.69. The van der Waals surface area contributed by atoms with Crippen molar-refractivity contribution < 1.29 is 4.79 Å². The van der Waals surface area contributed by atoms with Gasteiger partial charge in [0, 0.05) is 37.9 Å². The molecule has 0 aliphatic carbocycles. The second-order valence-corrected chi connectivity index (χ2v) is 6.02. The van der Waals surface area contributed by atoms with Gasteiger partial charge in [0.2, 0.25) is 5.91 Å². The number of rotatable bonds is 2. The Bertz CT molecular complexity index is 514. The summed E-state index contributed by atoms with van der Waals surface area (Å²) in [6.07, 6.45) is 0.985. The number of amides is 1. The number of carbonyl (C=O) groups excluding carboxylic acids is 1. The number of fused-ring (bicyclic) bond motifs is 1. The second-order valence-electron chi connectivity index (χ2n) is 6.02. The van der Waals surface area contributed by atoms with E-state index in [-0.39, 0.29) is 5.91 Å². The van der Waals surface area contributed by atoms with Gasteiger partial charge in [0.15, 0.2) is 0 Å². The van der Waals surface area contributed by atoms with Crippen LogP contribution in [0.25, 0.3) is 0 Å². The van der Waals surface area contributed by atoms with E-state index in [1.165, 1.54) is 11.1 Å². The van der Waals surface area contributed by atoms with Gasteiger partial charge in [0.1, 0.15) is 0 Å². The van der Waals surface area contributed by atoms with Crippen molar-refractivity contribution in [1.82, 2.24) is 10.2 Å². The van der Waals surface area contributed by atoms with Gasteiger partial charge in [-0.25, -0.2) is 0 Å². The van der Waals surface area contributed by atoms with Gasteiger partial charge in [-0.1, -0.05) is 12.1 Å². The molecule has 4 nitrogen and oxygen atoms in total. The van der Waals surface area contributed by atoms with Gasteiger partial charge >= 0.3 is 0 Å². The molecule has 0 spiro atoms. The van der Waals surface area contributed by atoms with Gasteiger partial charge in [-0.15, -0.1) is 0 Å². The van der Waals surface area contributed by atoms with Crippen molar-refractivity contribution in [2.75, 3.05) is 37.6 Å². The third-order valence-corrected chi connectivity index (χ3v) is 4.25. The lowest BCUT2D eigenvalue weighted by Crippen LogP contribution is -2.52. The maximum atomic E-state index is 12.6. The maximum absolute atomic E-state index is 12.6. The van der Waals surface area contributed by atoms with Gasteiger partial charge < -0.3 is 10.2 Å². The molecule has 20 heavy (non-hydrogen) atoms. The number of carbonyl (C=O) groups is 1. The Morgan fingerprint density at radius 2 is 2.25 bits per heavy atom. The van der Waals surface area contributed by atoms with Crippen molar-refractivity contribution in [3.8, 4) is 0 Å². The first kappa shape index (κ1) is 13.6. The molecule has 0 radical (unpaired) electrons. The Morgan fingerprint density at radius 1 is 1.40 bits per heavy atom. The quantitative estimate of drug-likeness (QED) is 0.879. The van der Waals surface area contributed by atoms with Crippen LogP contribution in [0.15, 0.2) is 18.2 Å². The van der Waals surface area contributed by atoms with Gasteiger partial charge in [-0.3, -0.25) is 9.69 Å². The lowest BCUT2D eigenvalue weighted by molar-refractivity contribution is -0.119. The van der Waals surface area contributed by atoms with E-state index in [0.717, 1.165) is 38.3 Å². The SMILES string of the molecule is Cc1ccc2c(c1)N(C(=O)CN1CCNC(C)C1)CC2. The molecule has 1 unspecified atom stereocenters. The Kier molecular flexibility index (Phi) is 3.76. The average molecular weight is 273 g/mol. The lowest BCUT2D eigenvalue weighted by atomic mass is 10.1. The minimum absolute atomic E-state index is 0.239. The van der Waals surface area contributed by atoms with Crippen LogP contribution in [0.1, 0.15) is 18.1 Å². The van der Waals surface area contributed by atoms with Crippen molar-refractivity contribution in [2.24, 2.45) is 0 Å². The Hall–Kier alpha value is -1.39. The molecular weight excluding hydrogens is 250 g/mol. The predicted octanol–water partition coefficient (Wildman–Crippen LogP) is 1.18. The van der Waals surface area contributed by atoms with Crippen molar-refractivity contribution in [2.45, 2.75) is 26.3 Å². The third kappa shape index (κ3) is 2.72. The number of piperazine rings is 1. The zero-order valence-electron chi connectivity index (χ0n) is 12.4. The number of nitrogens with one attached hydrogen (secondary N) is 1. The molecular formula is C16H23N3O. The maximum Gasteiger partial charge on any atom is 0.241 e. The zero-order chi connectivity index (χ0) is 14.1. The van der Waals surface area contributed by atoms with Crippen LogP contribution >= 0.6 is 0 Å². The van der Waals surface area contributed by atoms with E-state index in [2.05, 4.69) is 42.3 Å². The van der Waals surface area contributed by atoms with Gasteiger partial charge in [-0.05, 0) is 37.5 Å². The van der Waals surface area contributed by atoms with Crippen molar-refractivity contribution in [3.63, 3.8) is 0 Å². The number of anilines is 1. The minimum atomic E-state index is 0.239. The number of nitrogens with zero attached hydrogens (tertiary/aromatic N) is 2. The summed E-state index contributed by atoms with van der Waals surface area (Å²) in [6.45, 7) is 8.53. The lowest BCUT2D eigenvalue weighted by Gasteiger charge is -2.32. The summed E-state index contributed by atoms with van der Waals surface area (Å²) >= 11 is 0. The highest BCUT2D eigenvalue weighted by Gasteiger charge is 2.27. The third-order valence-electron chi connectivity index (χ3n) is 4.25. The van der Waals surface area contributed by atoms with E-state index in [9.17, 15) is 4.79 Å². The second kappa shape index (κ2) is 5.54. The molecule has 1 amide bonds. The summed E-state index contributed by atoms with van der Waals surface area (Å²) in [5, 5.41) is 3.41. The van der Waals surface area contributed by atoms with Crippen LogP contribution < -0.4 is 10.2 Å². The molecule has 2 heterocycles. The minimum Gasteiger partial charge on any atom is -0.312 e. The molecule has 0 bridgehead atoms. The largest absolute Gasteiger partial charge is 0.312 e. The normalized spacial score (nSPS) is 22.9. The van der Waals surface area contributed by atoms with Gasteiger partial charge in [-0.2, -0.15) is 0 Å². The highest BCUT2D eigenvalue weighted by molar-refractivity contribution is 5.96. The van der Waals surface area contributed by atoms with Crippen LogP contribution in [0.4, 0.5) is 5.69 Å². The smallest absolute Gasteiger partial charge is 0.241 e. The first-order valence-electron chi connectivity index (χ1n) is 7.49. The molecule has 108 valence electrons. The summed E-state index contributed by atoms with van der Waals surface area (Å²) in [5.74, 6) is 0.239. The molecule has 2 aliphatic rings. The predicted molar refractivity (Wildman–Crippen MR) is 81.1 cm³/mol. The van der Waals surface area contributed by atoms with Crippen LogP contribution in [0.2, 0.25) is 0 Å². The first-order chi connectivity index (χ1) is 9.63. The molecule has 1 atom stereocenters. The molecule has 0 saturated carbocycles. The molecule has 1 aromatic carbocycles. The fourth-order valence-corrected chi connectivity index (χ4v) is 3.18. The fraction of sp³-hybridized carbons (Fsp3) is 0.562. The fourth-order valence-electron chi connectivity index (χ4n) is 3.18. The van der Waals surface area contributed by atoms with E-state index in [0.29, 0.717) is 12.6 Å². The highest BCUT2D eigenvalue weighted by atomic mass is 16.2. The monoisotopic (exact) mass is 273 g/mol. The van der Waals surface area contributed by atoms with Crippen LogP contribution in [-0.4, -0.2) is 49.6 Å². The topological polar surface area (TPSA) is 35.6 Å². The number of hydrogen-bond acceptors (Lipinski definition) is 3. The summed E-state index contributed by atoms with van der Waals surface area (Å²) in [7, 11) is 0. The van der Waals surface area contributed by atoms with E-state index in [1.807, 2.05) is 4.90 Å². The van der Waals surface area contributed by atoms with E-state index >= 15 is 0 Å². The summed E-state index contributed by atoms with van der Waals surface area (Å²) < 4.78 is 0. The van der Waals surface area contributed by atoms with Gasteiger partial charge in [0.05, 0.1) is 6.54 Å². The summed E-state index contributed by atoms with van der Waals surface area (Å²) in [6, 6.07) is 6.90. The van der Waals surface area contributed by atoms with Crippen molar-refractivity contribution in [1.29, 1.82) is 0 Å². The van der Waals surface area contributed by atoms with Crippen LogP contribution in [-0.2, 0) is 11.2 Å². The highest BCUT2D eigenvalue weighted by Crippen LogP contribution is 2.29. The van der Waals surface area contributed by atoms with E-state index in [4.69, 9.17) is 0 Å². The zero-order valence-corrected chi connectivity index (χ0v) is 12.4. The molecule has 1 fully saturated rings. The Morgan fingerprint density at radius 3 is 3.05 bits per heavy atom. The number of aryl methyl sites for hydroxylation is 1. The molecule has 1 aromatic rings. The van der Waals surface area contributed by atoms with Crippen molar-refractivity contribution in [3.05, 3.63) is 29.3 Å². The van der Waals surface area contributed by atoms with Crippen LogP contribution in [0.3, 0.4) is 0 Å². The average Bonchev–Trinajstić information content (AvgIpc) is 2.81. The number of benzene rings is 1. The first-order valence-corrected chi connectivity index (χ1v) is 7.49. The summed E-state index contributed by atoms with van der Waals surface area (Å²) in [5.41, 5.74) is 3.65. The standard InChI is InChI=1S/C16H23N3O/c1-12-3-4-14-5-7-19(15(14)9-12)16(20)11-18-8-6-17-13(2)10-18/h3-4,9,13,17H,5-8,10-11H2,1-2H3. The van der Waals surface area contributed by atoms with E-state index in [1.54, 1.807) is 0 Å².